The number of fused-ring (bicyclic) bond motifs is 3. The van der Waals surface area contributed by atoms with Crippen LogP contribution >= 0.6 is 0 Å². The molecule has 124 valence electrons. The van der Waals surface area contributed by atoms with Gasteiger partial charge in [-0.3, -0.25) is 0 Å². The van der Waals surface area contributed by atoms with Crippen LogP contribution in [0.4, 0.5) is 0 Å². The van der Waals surface area contributed by atoms with Gasteiger partial charge in [0.25, 0.3) is 0 Å². The summed E-state index contributed by atoms with van der Waals surface area (Å²) in [6, 6.07) is 27.5. The fourth-order valence-electron chi connectivity index (χ4n) is 5.10. The maximum Gasteiger partial charge on any atom is 0.118 e. The minimum atomic E-state index is -0.908. The molecule has 0 radical (unpaired) electrons. The zero-order valence-electron chi connectivity index (χ0n) is 14.2. The summed E-state index contributed by atoms with van der Waals surface area (Å²) in [6.45, 7) is 0. The number of hydrogen-bond acceptors (Lipinski definition) is 1. The molecule has 3 aromatic rings. The average Bonchev–Trinajstić information content (AvgIpc) is 2.68. The van der Waals surface area contributed by atoms with E-state index in [1.807, 2.05) is 18.2 Å². The van der Waals surface area contributed by atoms with Crippen molar-refractivity contribution in [3.05, 3.63) is 107 Å². The van der Waals surface area contributed by atoms with Crippen molar-refractivity contribution in [2.75, 3.05) is 0 Å². The lowest BCUT2D eigenvalue weighted by atomic mass is 9.58. The van der Waals surface area contributed by atoms with Crippen LogP contribution in [0.1, 0.15) is 27.8 Å². The molecule has 3 unspecified atom stereocenters. The van der Waals surface area contributed by atoms with Crippen molar-refractivity contribution in [1.29, 1.82) is 0 Å². The van der Waals surface area contributed by atoms with Gasteiger partial charge in [-0.2, -0.15) is 0 Å². The zero-order chi connectivity index (χ0) is 16.9. The first kappa shape index (κ1) is 14.9. The third-order valence-electron chi connectivity index (χ3n) is 6.27. The Hall–Kier alpha value is -2.38. The Morgan fingerprint density at radius 1 is 0.640 bits per heavy atom. The van der Waals surface area contributed by atoms with Gasteiger partial charge in [0.2, 0.25) is 0 Å². The van der Waals surface area contributed by atoms with Crippen molar-refractivity contribution in [3.8, 4) is 0 Å². The Morgan fingerprint density at radius 3 is 1.96 bits per heavy atom. The minimum Gasteiger partial charge on any atom is -0.380 e. The molecule has 0 amide bonds. The lowest BCUT2D eigenvalue weighted by Gasteiger charge is -2.49. The van der Waals surface area contributed by atoms with Crippen LogP contribution in [0.15, 0.2) is 78.9 Å². The number of benzene rings is 3. The second-order valence-corrected chi connectivity index (χ2v) is 7.54. The van der Waals surface area contributed by atoms with Crippen molar-refractivity contribution in [3.63, 3.8) is 0 Å². The van der Waals surface area contributed by atoms with Crippen LogP contribution in [-0.4, -0.2) is 5.11 Å². The van der Waals surface area contributed by atoms with Crippen LogP contribution in [0.25, 0.3) is 0 Å². The molecule has 25 heavy (non-hydrogen) atoms. The second kappa shape index (κ2) is 5.57. The molecule has 0 saturated heterocycles. The zero-order valence-corrected chi connectivity index (χ0v) is 14.2. The van der Waals surface area contributed by atoms with E-state index in [4.69, 9.17) is 0 Å². The highest BCUT2D eigenvalue weighted by Gasteiger charge is 2.49. The smallest absolute Gasteiger partial charge is 0.118 e. The minimum absolute atomic E-state index is 0.222. The summed E-state index contributed by atoms with van der Waals surface area (Å²) >= 11 is 0. The topological polar surface area (TPSA) is 20.2 Å². The molecule has 1 N–H and O–H groups in total. The number of hydrogen-bond donors (Lipinski definition) is 1. The molecule has 1 heteroatoms. The van der Waals surface area contributed by atoms with Crippen LogP contribution in [-0.2, 0) is 24.9 Å². The third kappa shape index (κ3) is 2.19. The van der Waals surface area contributed by atoms with Gasteiger partial charge in [-0.25, -0.2) is 0 Å². The van der Waals surface area contributed by atoms with E-state index in [0.717, 1.165) is 30.4 Å². The van der Waals surface area contributed by atoms with E-state index in [1.165, 1.54) is 16.7 Å². The predicted molar refractivity (Wildman–Crippen MR) is 100 cm³/mol. The van der Waals surface area contributed by atoms with Gasteiger partial charge >= 0.3 is 0 Å². The summed E-state index contributed by atoms with van der Waals surface area (Å²) in [7, 11) is 0. The monoisotopic (exact) mass is 326 g/mol. The molecule has 0 heterocycles. The highest BCUT2D eigenvalue weighted by atomic mass is 16.3. The van der Waals surface area contributed by atoms with Gasteiger partial charge in [0.15, 0.2) is 0 Å². The normalized spacial score (nSPS) is 27.1. The van der Waals surface area contributed by atoms with Crippen molar-refractivity contribution in [2.24, 2.45) is 11.8 Å². The lowest BCUT2D eigenvalue weighted by Crippen LogP contribution is -2.48. The van der Waals surface area contributed by atoms with E-state index in [0.29, 0.717) is 5.92 Å². The van der Waals surface area contributed by atoms with E-state index in [2.05, 4.69) is 60.7 Å². The summed E-state index contributed by atoms with van der Waals surface area (Å²) in [5, 5.41) is 12.1. The van der Waals surface area contributed by atoms with Crippen LogP contribution in [0.3, 0.4) is 0 Å². The molecule has 3 atom stereocenters. The van der Waals surface area contributed by atoms with Crippen LogP contribution < -0.4 is 0 Å². The number of rotatable bonds is 1. The van der Waals surface area contributed by atoms with E-state index in [9.17, 15) is 5.11 Å². The standard InChI is InChI=1S/C24H22O/c25-24(21-11-2-1-3-12-21)22-13-7-6-10-19(22)15-20-14-17-8-4-5-9-18(17)16-23(20)24/h1-13,20,23,25H,14-16H2. The van der Waals surface area contributed by atoms with Crippen LogP contribution in [0.5, 0.6) is 0 Å². The quantitative estimate of drug-likeness (QED) is 0.697. The summed E-state index contributed by atoms with van der Waals surface area (Å²) in [4.78, 5) is 0. The molecule has 0 aliphatic heterocycles. The SMILES string of the molecule is OC1(c2ccccc2)c2ccccc2CC2Cc3ccccc3CC21. The summed E-state index contributed by atoms with van der Waals surface area (Å²) < 4.78 is 0. The van der Waals surface area contributed by atoms with Crippen molar-refractivity contribution in [1.82, 2.24) is 0 Å². The largest absolute Gasteiger partial charge is 0.380 e. The first-order chi connectivity index (χ1) is 12.3. The van der Waals surface area contributed by atoms with E-state index >= 15 is 0 Å². The van der Waals surface area contributed by atoms with Gasteiger partial charge in [-0.15, -0.1) is 0 Å². The molecular formula is C24H22O. The Balaban J connectivity index is 1.71. The van der Waals surface area contributed by atoms with Gasteiger partial charge in [0, 0.05) is 5.92 Å². The van der Waals surface area contributed by atoms with Gasteiger partial charge in [-0.05, 0) is 53.0 Å². The molecule has 0 aromatic heterocycles. The van der Waals surface area contributed by atoms with Crippen LogP contribution in [0.2, 0.25) is 0 Å². The number of aliphatic hydroxyl groups is 1. The Bertz CT molecular complexity index is 914. The maximum atomic E-state index is 12.1. The molecule has 2 aliphatic carbocycles. The van der Waals surface area contributed by atoms with Crippen molar-refractivity contribution < 1.29 is 5.11 Å². The van der Waals surface area contributed by atoms with Gasteiger partial charge < -0.3 is 5.11 Å². The molecular weight excluding hydrogens is 304 g/mol. The van der Waals surface area contributed by atoms with Gasteiger partial charge in [-0.1, -0.05) is 78.9 Å². The fraction of sp³-hybridized carbons (Fsp3) is 0.250. The Kier molecular flexibility index (Phi) is 3.33. The van der Waals surface area contributed by atoms with Gasteiger partial charge in [0.1, 0.15) is 5.60 Å². The lowest BCUT2D eigenvalue weighted by molar-refractivity contribution is -0.0261. The van der Waals surface area contributed by atoms with E-state index in [-0.39, 0.29) is 5.92 Å². The summed E-state index contributed by atoms with van der Waals surface area (Å²) in [5.41, 5.74) is 5.37. The molecule has 5 rings (SSSR count). The first-order valence-corrected chi connectivity index (χ1v) is 9.20. The highest BCUT2D eigenvalue weighted by molar-refractivity contribution is 5.47. The Labute approximate surface area is 149 Å². The Morgan fingerprint density at radius 2 is 1.20 bits per heavy atom. The average molecular weight is 326 g/mol. The predicted octanol–water partition coefficient (Wildman–Crippen LogP) is 4.51. The van der Waals surface area contributed by atoms with Crippen molar-refractivity contribution >= 4 is 0 Å². The molecule has 0 saturated carbocycles. The summed E-state index contributed by atoms with van der Waals surface area (Å²) in [6.07, 6.45) is 3.06. The molecule has 0 spiro atoms. The highest BCUT2D eigenvalue weighted by Crippen LogP contribution is 2.51. The van der Waals surface area contributed by atoms with E-state index < -0.39 is 5.60 Å². The first-order valence-electron chi connectivity index (χ1n) is 9.20. The fourth-order valence-corrected chi connectivity index (χ4v) is 5.10. The van der Waals surface area contributed by atoms with Gasteiger partial charge in [0.05, 0.1) is 0 Å². The molecule has 2 aliphatic rings. The third-order valence-corrected chi connectivity index (χ3v) is 6.27. The van der Waals surface area contributed by atoms with E-state index in [1.54, 1.807) is 0 Å². The molecule has 3 aromatic carbocycles. The summed E-state index contributed by atoms with van der Waals surface area (Å²) in [5.74, 6) is 0.703. The van der Waals surface area contributed by atoms with Crippen LogP contribution in [0, 0.1) is 11.8 Å². The van der Waals surface area contributed by atoms with Crippen molar-refractivity contribution in [2.45, 2.75) is 24.9 Å². The molecule has 1 nitrogen and oxygen atoms in total. The maximum absolute atomic E-state index is 12.1. The molecule has 0 fully saturated rings. The second-order valence-electron chi connectivity index (χ2n) is 7.54. The molecule has 0 bridgehead atoms.